The second-order valence-corrected chi connectivity index (χ2v) is 6.44. The predicted molar refractivity (Wildman–Crippen MR) is 92.0 cm³/mol. The molecule has 2 aliphatic rings. The number of ether oxygens (including phenoxy) is 2. The van der Waals surface area contributed by atoms with Crippen LogP contribution in [-0.4, -0.2) is 67.2 Å². The van der Waals surface area contributed by atoms with E-state index in [4.69, 9.17) is 14.6 Å². The highest BCUT2D eigenvalue weighted by Gasteiger charge is 2.40. The zero-order valence-corrected chi connectivity index (χ0v) is 14.6. The minimum Gasteiger partial charge on any atom is -0.495 e. The average Bonchev–Trinajstić information content (AvgIpc) is 3.02. The van der Waals surface area contributed by atoms with Gasteiger partial charge in [0.2, 0.25) is 11.8 Å². The zero-order valence-electron chi connectivity index (χ0n) is 14.6. The van der Waals surface area contributed by atoms with Gasteiger partial charge in [0, 0.05) is 19.5 Å². The first-order valence-electron chi connectivity index (χ1n) is 8.54. The Kier molecular flexibility index (Phi) is 5.41. The van der Waals surface area contributed by atoms with Crippen molar-refractivity contribution in [3.63, 3.8) is 0 Å². The van der Waals surface area contributed by atoms with E-state index in [1.165, 1.54) is 7.11 Å². The fourth-order valence-electron chi connectivity index (χ4n) is 3.51. The van der Waals surface area contributed by atoms with Crippen molar-refractivity contribution in [3.8, 4) is 5.75 Å². The highest BCUT2D eigenvalue weighted by Crippen LogP contribution is 2.33. The summed E-state index contributed by atoms with van der Waals surface area (Å²) >= 11 is 0. The van der Waals surface area contributed by atoms with Crippen molar-refractivity contribution in [1.29, 1.82) is 0 Å². The lowest BCUT2D eigenvalue weighted by atomic mass is 10.0. The summed E-state index contributed by atoms with van der Waals surface area (Å²) < 4.78 is 10.6. The lowest BCUT2D eigenvalue weighted by Crippen LogP contribution is -2.51. The monoisotopic (exact) mass is 362 g/mol. The molecule has 1 aromatic rings. The molecule has 8 heteroatoms. The van der Waals surface area contributed by atoms with Crippen LogP contribution >= 0.6 is 0 Å². The molecule has 0 spiro atoms. The van der Waals surface area contributed by atoms with E-state index < -0.39 is 17.9 Å². The minimum absolute atomic E-state index is 0.105. The van der Waals surface area contributed by atoms with Gasteiger partial charge in [0.15, 0.2) is 0 Å². The Bertz CT molecular complexity index is 707. The van der Waals surface area contributed by atoms with Gasteiger partial charge >= 0.3 is 5.97 Å². The summed E-state index contributed by atoms with van der Waals surface area (Å²) in [5, 5.41) is 9.05. The maximum absolute atomic E-state index is 12.9. The summed E-state index contributed by atoms with van der Waals surface area (Å²) in [4.78, 5) is 39.6. The number of para-hydroxylation sites is 2. The highest BCUT2D eigenvalue weighted by molar-refractivity contribution is 6.01. The summed E-state index contributed by atoms with van der Waals surface area (Å²) in [5.74, 6) is -1.23. The molecular formula is C18H22N2O6. The third kappa shape index (κ3) is 3.65. The predicted octanol–water partition coefficient (Wildman–Crippen LogP) is 0.750. The van der Waals surface area contributed by atoms with Crippen LogP contribution in [0.25, 0.3) is 0 Å². The molecule has 2 heterocycles. The van der Waals surface area contributed by atoms with E-state index in [2.05, 4.69) is 0 Å². The lowest BCUT2D eigenvalue weighted by Gasteiger charge is -2.36. The van der Waals surface area contributed by atoms with Gasteiger partial charge < -0.3 is 24.4 Å². The van der Waals surface area contributed by atoms with Crippen molar-refractivity contribution in [3.05, 3.63) is 24.3 Å². The molecule has 0 bridgehead atoms. The molecule has 0 aromatic heterocycles. The number of rotatable bonds is 5. The van der Waals surface area contributed by atoms with Gasteiger partial charge in [-0.05, 0) is 12.1 Å². The first-order valence-corrected chi connectivity index (χ1v) is 8.54. The quantitative estimate of drug-likeness (QED) is 0.830. The Balaban J connectivity index is 1.75. The van der Waals surface area contributed by atoms with Crippen LogP contribution in [0.3, 0.4) is 0 Å². The van der Waals surface area contributed by atoms with Gasteiger partial charge in [-0.2, -0.15) is 0 Å². The molecule has 2 fully saturated rings. The minimum atomic E-state index is -0.976. The van der Waals surface area contributed by atoms with Gasteiger partial charge in [0.1, 0.15) is 5.75 Å². The Morgan fingerprint density at radius 2 is 2.12 bits per heavy atom. The number of morpholine rings is 1. The summed E-state index contributed by atoms with van der Waals surface area (Å²) in [6.07, 6.45) is -0.0589. The van der Waals surface area contributed by atoms with E-state index in [1.54, 1.807) is 21.9 Å². The number of hydrogen-bond acceptors (Lipinski definition) is 5. The van der Waals surface area contributed by atoms with Crippen molar-refractivity contribution < 1.29 is 29.0 Å². The topological polar surface area (TPSA) is 96.4 Å². The molecule has 2 saturated heterocycles. The number of methoxy groups -OCH3 is 1. The van der Waals surface area contributed by atoms with Crippen LogP contribution in [0, 0.1) is 5.92 Å². The molecule has 0 saturated carbocycles. The van der Waals surface area contributed by atoms with Gasteiger partial charge in [-0.3, -0.25) is 14.4 Å². The van der Waals surface area contributed by atoms with Gasteiger partial charge in [-0.15, -0.1) is 0 Å². The van der Waals surface area contributed by atoms with Crippen molar-refractivity contribution in [1.82, 2.24) is 4.90 Å². The number of aliphatic carboxylic acids is 1. The molecule has 1 aromatic carbocycles. The SMILES string of the molecule is COc1ccccc1N1CC(C(=O)N2CCOCC2CC(=O)O)CC1=O. The number of nitrogens with zero attached hydrogens (tertiary/aromatic N) is 2. The van der Waals surface area contributed by atoms with Gasteiger partial charge in [-0.25, -0.2) is 0 Å². The lowest BCUT2D eigenvalue weighted by molar-refractivity contribution is -0.149. The summed E-state index contributed by atoms with van der Waals surface area (Å²) in [5.41, 5.74) is 0.638. The van der Waals surface area contributed by atoms with E-state index in [9.17, 15) is 14.4 Å². The van der Waals surface area contributed by atoms with Crippen molar-refractivity contribution in [2.24, 2.45) is 5.92 Å². The fraction of sp³-hybridized carbons (Fsp3) is 0.500. The molecule has 3 rings (SSSR count). The van der Waals surface area contributed by atoms with Crippen LogP contribution in [0.1, 0.15) is 12.8 Å². The molecule has 26 heavy (non-hydrogen) atoms. The molecule has 2 amide bonds. The van der Waals surface area contributed by atoms with Gasteiger partial charge in [-0.1, -0.05) is 12.1 Å². The number of carboxylic acid groups (broad SMARTS) is 1. The summed E-state index contributed by atoms with van der Waals surface area (Å²) in [6, 6.07) is 6.68. The van der Waals surface area contributed by atoms with E-state index in [0.717, 1.165) is 0 Å². The van der Waals surface area contributed by atoms with Gasteiger partial charge in [0.25, 0.3) is 0 Å². The van der Waals surface area contributed by atoms with Crippen LogP contribution in [0.15, 0.2) is 24.3 Å². The smallest absolute Gasteiger partial charge is 0.305 e. The maximum Gasteiger partial charge on any atom is 0.305 e. The molecular weight excluding hydrogens is 340 g/mol. The van der Waals surface area contributed by atoms with E-state index in [1.807, 2.05) is 12.1 Å². The number of amides is 2. The third-order valence-electron chi connectivity index (χ3n) is 4.77. The first-order chi connectivity index (χ1) is 12.5. The Morgan fingerprint density at radius 1 is 1.35 bits per heavy atom. The number of carbonyl (C=O) groups excluding carboxylic acids is 2. The number of anilines is 1. The fourth-order valence-corrected chi connectivity index (χ4v) is 3.51. The largest absolute Gasteiger partial charge is 0.495 e. The second kappa shape index (κ2) is 7.74. The van der Waals surface area contributed by atoms with E-state index >= 15 is 0 Å². The Labute approximate surface area is 151 Å². The molecule has 2 unspecified atom stereocenters. The standard InChI is InChI=1S/C18H22N2O6/c1-25-15-5-3-2-4-14(15)20-10-12(8-16(20)21)18(24)19-6-7-26-11-13(19)9-17(22)23/h2-5,12-13H,6-11H2,1H3,(H,22,23). The maximum atomic E-state index is 12.9. The highest BCUT2D eigenvalue weighted by atomic mass is 16.5. The number of carbonyl (C=O) groups is 3. The normalized spacial score (nSPS) is 23.2. The zero-order chi connectivity index (χ0) is 18.7. The van der Waals surface area contributed by atoms with Crippen LogP contribution in [-0.2, 0) is 19.1 Å². The number of carboxylic acids is 1. The van der Waals surface area contributed by atoms with Crippen LogP contribution < -0.4 is 9.64 Å². The Hall–Kier alpha value is -2.61. The van der Waals surface area contributed by atoms with E-state index in [0.29, 0.717) is 24.6 Å². The van der Waals surface area contributed by atoms with Crippen molar-refractivity contribution >= 4 is 23.5 Å². The molecule has 8 nitrogen and oxygen atoms in total. The molecule has 0 aliphatic carbocycles. The number of hydrogen-bond donors (Lipinski definition) is 1. The molecule has 140 valence electrons. The summed E-state index contributed by atoms with van der Waals surface area (Å²) in [6.45, 7) is 1.18. The van der Waals surface area contributed by atoms with Crippen molar-refractivity contribution in [2.45, 2.75) is 18.9 Å². The first kappa shape index (κ1) is 18.2. The van der Waals surface area contributed by atoms with Gasteiger partial charge in [0.05, 0.1) is 44.4 Å². The second-order valence-electron chi connectivity index (χ2n) is 6.44. The van der Waals surface area contributed by atoms with Crippen LogP contribution in [0.4, 0.5) is 5.69 Å². The molecule has 2 aliphatic heterocycles. The van der Waals surface area contributed by atoms with Crippen molar-refractivity contribution in [2.75, 3.05) is 38.3 Å². The third-order valence-corrected chi connectivity index (χ3v) is 4.77. The molecule has 0 radical (unpaired) electrons. The van der Waals surface area contributed by atoms with Crippen LogP contribution in [0.5, 0.6) is 5.75 Å². The van der Waals surface area contributed by atoms with E-state index in [-0.39, 0.29) is 37.8 Å². The summed E-state index contributed by atoms with van der Waals surface area (Å²) in [7, 11) is 1.53. The molecule has 2 atom stereocenters. The average molecular weight is 362 g/mol. The number of benzene rings is 1. The van der Waals surface area contributed by atoms with Crippen LogP contribution in [0.2, 0.25) is 0 Å². The Morgan fingerprint density at radius 3 is 2.85 bits per heavy atom. The molecule has 1 N–H and O–H groups in total.